The number of rotatable bonds is 5. The SMILES string of the molecule is C[C@@H](Nc1ncccc1[N+](=O)[O-])c1ccc(S(C)(=O)=O)c(F)c1. The zero-order valence-electron chi connectivity index (χ0n) is 12.4. The molecule has 2 rings (SSSR count). The van der Waals surface area contributed by atoms with Crippen LogP contribution in [0.25, 0.3) is 0 Å². The predicted octanol–water partition coefficient (Wildman–Crippen LogP) is 2.71. The van der Waals surface area contributed by atoms with Crippen molar-refractivity contribution in [3.05, 3.63) is 58.0 Å². The highest BCUT2D eigenvalue weighted by atomic mass is 32.2. The Morgan fingerprint density at radius 3 is 2.61 bits per heavy atom. The molecule has 1 aromatic carbocycles. The fourth-order valence-corrected chi connectivity index (χ4v) is 2.76. The summed E-state index contributed by atoms with van der Waals surface area (Å²) in [5, 5.41) is 13.8. The third-order valence-electron chi connectivity index (χ3n) is 3.19. The summed E-state index contributed by atoms with van der Waals surface area (Å²) >= 11 is 0. The number of hydrogen-bond acceptors (Lipinski definition) is 6. The van der Waals surface area contributed by atoms with Crippen molar-refractivity contribution in [1.29, 1.82) is 0 Å². The van der Waals surface area contributed by atoms with Gasteiger partial charge in [-0.1, -0.05) is 6.07 Å². The molecule has 0 spiro atoms. The van der Waals surface area contributed by atoms with E-state index in [2.05, 4.69) is 10.3 Å². The summed E-state index contributed by atoms with van der Waals surface area (Å²) in [5.74, 6) is -0.813. The zero-order chi connectivity index (χ0) is 17.2. The van der Waals surface area contributed by atoms with Gasteiger partial charge in [-0.2, -0.15) is 0 Å². The number of nitrogens with one attached hydrogen (secondary N) is 1. The Kier molecular flexibility index (Phi) is 4.60. The monoisotopic (exact) mass is 339 g/mol. The number of nitro groups is 1. The number of benzene rings is 1. The highest BCUT2D eigenvalue weighted by Gasteiger charge is 2.19. The molecule has 0 bridgehead atoms. The molecule has 9 heteroatoms. The highest BCUT2D eigenvalue weighted by Crippen LogP contribution is 2.27. The number of anilines is 1. The van der Waals surface area contributed by atoms with Crippen molar-refractivity contribution in [3.8, 4) is 0 Å². The minimum absolute atomic E-state index is 0.0533. The summed E-state index contributed by atoms with van der Waals surface area (Å²) in [4.78, 5) is 13.9. The molecule has 1 N–H and O–H groups in total. The first kappa shape index (κ1) is 16.8. The third-order valence-corrected chi connectivity index (χ3v) is 4.32. The maximum absolute atomic E-state index is 13.9. The van der Waals surface area contributed by atoms with Gasteiger partial charge in [-0.25, -0.2) is 17.8 Å². The molecule has 0 aliphatic heterocycles. The van der Waals surface area contributed by atoms with E-state index in [0.717, 1.165) is 12.3 Å². The van der Waals surface area contributed by atoms with Crippen LogP contribution in [0.4, 0.5) is 15.9 Å². The second-order valence-corrected chi connectivity index (χ2v) is 6.94. The molecule has 0 saturated heterocycles. The zero-order valence-corrected chi connectivity index (χ0v) is 13.2. The Bertz CT molecular complexity index is 855. The minimum atomic E-state index is -3.65. The molecule has 1 aromatic heterocycles. The van der Waals surface area contributed by atoms with Gasteiger partial charge in [0.2, 0.25) is 5.82 Å². The summed E-state index contributed by atoms with van der Waals surface area (Å²) in [7, 11) is -3.65. The lowest BCUT2D eigenvalue weighted by Crippen LogP contribution is -2.11. The first-order chi connectivity index (χ1) is 10.7. The average Bonchev–Trinajstić information content (AvgIpc) is 2.46. The number of aromatic nitrogens is 1. The van der Waals surface area contributed by atoms with Crippen molar-refractivity contribution in [2.45, 2.75) is 17.9 Å². The van der Waals surface area contributed by atoms with Crippen LogP contribution in [0.15, 0.2) is 41.4 Å². The standard InChI is InChI=1S/C14H14FN3O4S/c1-9(17-14-12(18(19)20)4-3-7-16-14)10-5-6-13(11(15)8-10)23(2,21)22/h3-9H,1-2H3,(H,16,17)/t9-/m1/s1. The summed E-state index contributed by atoms with van der Waals surface area (Å²) in [6, 6.07) is 5.94. The van der Waals surface area contributed by atoms with Crippen molar-refractivity contribution >= 4 is 21.3 Å². The van der Waals surface area contributed by atoms with Crippen LogP contribution in [-0.2, 0) is 9.84 Å². The summed E-state index contributed by atoms with van der Waals surface area (Å²) in [6.07, 6.45) is 2.32. The molecule has 7 nitrogen and oxygen atoms in total. The fourth-order valence-electron chi connectivity index (χ4n) is 2.03. The van der Waals surface area contributed by atoms with Crippen LogP contribution in [0.2, 0.25) is 0 Å². The van der Waals surface area contributed by atoms with Crippen LogP contribution in [0.3, 0.4) is 0 Å². The lowest BCUT2D eigenvalue weighted by molar-refractivity contribution is -0.384. The number of hydrogen-bond donors (Lipinski definition) is 1. The Morgan fingerprint density at radius 1 is 1.35 bits per heavy atom. The number of nitrogens with zero attached hydrogens (tertiary/aromatic N) is 2. The molecule has 0 fully saturated rings. The predicted molar refractivity (Wildman–Crippen MR) is 82.4 cm³/mol. The van der Waals surface area contributed by atoms with Crippen LogP contribution in [0.5, 0.6) is 0 Å². The van der Waals surface area contributed by atoms with Gasteiger partial charge in [0.1, 0.15) is 10.7 Å². The van der Waals surface area contributed by atoms with E-state index < -0.39 is 31.5 Å². The van der Waals surface area contributed by atoms with E-state index in [-0.39, 0.29) is 11.5 Å². The van der Waals surface area contributed by atoms with Crippen LogP contribution in [0, 0.1) is 15.9 Å². The smallest absolute Gasteiger partial charge is 0.311 e. The highest BCUT2D eigenvalue weighted by molar-refractivity contribution is 7.90. The molecule has 0 unspecified atom stereocenters. The van der Waals surface area contributed by atoms with E-state index in [4.69, 9.17) is 0 Å². The number of sulfone groups is 1. The summed E-state index contributed by atoms with van der Waals surface area (Å²) in [6.45, 7) is 1.66. The lowest BCUT2D eigenvalue weighted by Gasteiger charge is -2.15. The van der Waals surface area contributed by atoms with E-state index >= 15 is 0 Å². The van der Waals surface area contributed by atoms with Crippen molar-refractivity contribution in [2.24, 2.45) is 0 Å². The van der Waals surface area contributed by atoms with Crippen LogP contribution in [0.1, 0.15) is 18.5 Å². The molecule has 0 saturated carbocycles. The Hall–Kier alpha value is -2.55. The van der Waals surface area contributed by atoms with Crippen molar-refractivity contribution in [3.63, 3.8) is 0 Å². The van der Waals surface area contributed by atoms with Gasteiger partial charge in [-0.15, -0.1) is 0 Å². The van der Waals surface area contributed by atoms with Crippen LogP contribution in [-0.4, -0.2) is 24.6 Å². The molecular weight excluding hydrogens is 325 g/mol. The Balaban J connectivity index is 2.31. The van der Waals surface area contributed by atoms with Gasteiger partial charge in [0, 0.05) is 18.5 Å². The first-order valence-electron chi connectivity index (χ1n) is 6.55. The normalized spacial score (nSPS) is 12.7. The van der Waals surface area contributed by atoms with Gasteiger partial charge in [-0.3, -0.25) is 10.1 Å². The molecule has 0 amide bonds. The number of halogens is 1. The van der Waals surface area contributed by atoms with Gasteiger partial charge < -0.3 is 5.32 Å². The van der Waals surface area contributed by atoms with E-state index in [1.165, 1.54) is 30.5 Å². The lowest BCUT2D eigenvalue weighted by atomic mass is 10.1. The van der Waals surface area contributed by atoms with E-state index in [1.54, 1.807) is 6.92 Å². The molecule has 1 atom stereocenters. The van der Waals surface area contributed by atoms with E-state index in [1.807, 2.05) is 0 Å². The van der Waals surface area contributed by atoms with Crippen molar-refractivity contribution in [2.75, 3.05) is 11.6 Å². The second kappa shape index (κ2) is 6.29. The minimum Gasteiger partial charge on any atom is -0.358 e. The van der Waals surface area contributed by atoms with Gasteiger partial charge in [0.25, 0.3) is 0 Å². The maximum atomic E-state index is 13.9. The number of pyridine rings is 1. The Labute approximate surface area is 132 Å². The molecule has 2 aromatic rings. The van der Waals surface area contributed by atoms with Gasteiger partial charge >= 0.3 is 5.69 Å². The molecule has 0 radical (unpaired) electrons. The molecule has 0 aliphatic rings. The van der Waals surface area contributed by atoms with Gasteiger partial charge in [0.15, 0.2) is 9.84 Å². The first-order valence-corrected chi connectivity index (χ1v) is 8.44. The maximum Gasteiger partial charge on any atom is 0.311 e. The molecular formula is C14H14FN3O4S. The fraction of sp³-hybridized carbons (Fsp3) is 0.214. The second-order valence-electron chi connectivity index (χ2n) is 4.96. The van der Waals surface area contributed by atoms with Crippen molar-refractivity contribution < 1.29 is 17.7 Å². The van der Waals surface area contributed by atoms with Crippen molar-refractivity contribution in [1.82, 2.24) is 4.98 Å². The topological polar surface area (TPSA) is 102 Å². The molecule has 0 aliphatic carbocycles. The molecule has 23 heavy (non-hydrogen) atoms. The Morgan fingerprint density at radius 2 is 2.04 bits per heavy atom. The quantitative estimate of drug-likeness (QED) is 0.664. The summed E-state index contributed by atoms with van der Waals surface area (Å²) in [5.41, 5.74) is 0.238. The van der Waals surface area contributed by atoms with E-state index in [9.17, 15) is 22.9 Å². The molecule has 1 heterocycles. The van der Waals surface area contributed by atoms with Gasteiger partial charge in [0.05, 0.1) is 11.0 Å². The van der Waals surface area contributed by atoms with Crippen LogP contribution < -0.4 is 5.32 Å². The average molecular weight is 339 g/mol. The van der Waals surface area contributed by atoms with Gasteiger partial charge in [-0.05, 0) is 30.7 Å². The largest absolute Gasteiger partial charge is 0.358 e. The third kappa shape index (κ3) is 3.81. The van der Waals surface area contributed by atoms with Crippen LogP contribution >= 0.6 is 0 Å². The summed E-state index contributed by atoms with van der Waals surface area (Å²) < 4.78 is 36.7. The molecule has 122 valence electrons. The van der Waals surface area contributed by atoms with E-state index in [0.29, 0.717) is 5.56 Å².